The van der Waals surface area contributed by atoms with Crippen LogP contribution in [-0.4, -0.2) is 0 Å². The highest BCUT2D eigenvalue weighted by atomic mass is 16.5. The zero-order valence-corrected chi connectivity index (χ0v) is 10.5. The molecule has 0 aliphatic rings. The summed E-state index contributed by atoms with van der Waals surface area (Å²) in [6.45, 7) is 10.1. The van der Waals surface area contributed by atoms with Crippen LogP contribution in [0.25, 0.3) is 0 Å². The number of hydrogen-bond donors (Lipinski definition) is 0. The van der Waals surface area contributed by atoms with Gasteiger partial charge in [0.05, 0.1) is 5.76 Å². The van der Waals surface area contributed by atoms with Gasteiger partial charge in [-0.15, -0.1) is 0 Å². The van der Waals surface area contributed by atoms with Crippen LogP contribution in [0, 0.1) is 6.92 Å². The van der Waals surface area contributed by atoms with Gasteiger partial charge in [0.15, 0.2) is 0 Å². The highest BCUT2D eigenvalue weighted by Gasteiger charge is 1.97. The van der Waals surface area contributed by atoms with Crippen LogP contribution in [0.2, 0.25) is 0 Å². The second-order valence-electron chi connectivity index (χ2n) is 3.09. The minimum Gasteiger partial charge on any atom is -0.462 e. The summed E-state index contributed by atoms with van der Waals surface area (Å²) in [5, 5.41) is 0. The summed E-state index contributed by atoms with van der Waals surface area (Å²) in [4.78, 5) is 0. The zero-order chi connectivity index (χ0) is 11.7. The molecule has 0 amide bonds. The molecule has 0 saturated heterocycles. The summed E-state index contributed by atoms with van der Waals surface area (Å²) in [6.07, 6.45) is 3.09. The Bertz CT molecular complexity index is 300. The molecule has 15 heavy (non-hydrogen) atoms. The number of allylic oxidation sites excluding steroid dienone is 2. The first-order valence-corrected chi connectivity index (χ1v) is 5.64. The maximum absolute atomic E-state index is 5.65. The molecule has 84 valence electrons. The van der Waals surface area contributed by atoms with Crippen molar-refractivity contribution in [2.75, 3.05) is 0 Å². The van der Waals surface area contributed by atoms with Gasteiger partial charge in [0.1, 0.15) is 5.75 Å². The fourth-order valence-corrected chi connectivity index (χ4v) is 1.17. The average Bonchev–Trinajstić information content (AvgIpc) is 2.25. The van der Waals surface area contributed by atoms with Crippen LogP contribution in [0.3, 0.4) is 0 Å². The quantitative estimate of drug-likeness (QED) is 0.650. The molecule has 0 aliphatic carbocycles. The monoisotopic (exact) mass is 206 g/mol. The van der Waals surface area contributed by atoms with Gasteiger partial charge in [-0.05, 0) is 38.0 Å². The highest BCUT2D eigenvalue weighted by Crippen LogP contribution is 2.18. The normalized spacial score (nSPS) is 10.3. The molecule has 0 spiro atoms. The molecule has 0 saturated carbocycles. The van der Waals surface area contributed by atoms with Crippen LogP contribution < -0.4 is 4.74 Å². The van der Waals surface area contributed by atoms with Gasteiger partial charge in [0.2, 0.25) is 0 Å². The van der Waals surface area contributed by atoms with Gasteiger partial charge in [-0.3, -0.25) is 0 Å². The number of rotatable bonds is 3. The van der Waals surface area contributed by atoms with E-state index in [0.29, 0.717) is 0 Å². The van der Waals surface area contributed by atoms with E-state index in [-0.39, 0.29) is 0 Å². The number of benzene rings is 1. The van der Waals surface area contributed by atoms with Gasteiger partial charge in [-0.1, -0.05) is 39.0 Å². The van der Waals surface area contributed by atoms with Crippen LogP contribution in [0.15, 0.2) is 36.1 Å². The molecule has 0 bridgehead atoms. The summed E-state index contributed by atoms with van der Waals surface area (Å²) in [5.74, 6) is 1.92. The van der Waals surface area contributed by atoms with E-state index in [9.17, 15) is 0 Å². The van der Waals surface area contributed by atoms with Crippen molar-refractivity contribution in [2.45, 2.75) is 41.0 Å². The van der Waals surface area contributed by atoms with E-state index in [0.717, 1.165) is 17.9 Å². The van der Waals surface area contributed by atoms with E-state index in [1.54, 1.807) is 0 Å². The van der Waals surface area contributed by atoms with E-state index >= 15 is 0 Å². The Morgan fingerprint density at radius 3 is 2.40 bits per heavy atom. The topological polar surface area (TPSA) is 9.23 Å². The van der Waals surface area contributed by atoms with E-state index in [2.05, 4.69) is 26.0 Å². The van der Waals surface area contributed by atoms with E-state index < -0.39 is 0 Å². The van der Waals surface area contributed by atoms with Crippen molar-refractivity contribution in [3.8, 4) is 5.75 Å². The lowest BCUT2D eigenvalue weighted by Crippen LogP contribution is -1.92. The molecule has 0 atom stereocenters. The van der Waals surface area contributed by atoms with Crippen LogP contribution in [0.4, 0.5) is 0 Å². The second-order valence-corrected chi connectivity index (χ2v) is 3.09. The third-order valence-corrected chi connectivity index (χ3v) is 1.86. The Morgan fingerprint density at radius 2 is 1.87 bits per heavy atom. The molecule has 0 heterocycles. The van der Waals surface area contributed by atoms with Gasteiger partial charge in [0.25, 0.3) is 0 Å². The third kappa shape index (κ3) is 5.26. The maximum Gasteiger partial charge on any atom is 0.129 e. The first kappa shape index (κ1) is 13.8. The first-order valence-electron chi connectivity index (χ1n) is 5.64. The molecule has 0 aromatic heterocycles. The van der Waals surface area contributed by atoms with Crippen molar-refractivity contribution in [1.82, 2.24) is 0 Å². The molecule has 0 N–H and O–H groups in total. The Labute approximate surface area is 93.8 Å². The van der Waals surface area contributed by atoms with Crippen LogP contribution >= 0.6 is 0 Å². The molecule has 0 aliphatic heterocycles. The SMILES string of the molecule is CC.CC/C=C(\C)Oc1ccccc1C. The van der Waals surface area contributed by atoms with Crippen LogP contribution in [0.5, 0.6) is 5.75 Å². The Morgan fingerprint density at radius 1 is 1.27 bits per heavy atom. The predicted molar refractivity (Wildman–Crippen MR) is 67.2 cm³/mol. The van der Waals surface area contributed by atoms with E-state index in [1.807, 2.05) is 39.0 Å². The molecule has 0 fully saturated rings. The number of aryl methyl sites for hydroxylation is 1. The van der Waals surface area contributed by atoms with Gasteiger partial charge < -0.3 is 4.74 Å². The lowest BCUT2D eigenvalue weighted by Gasteiger charge is -2.07. The van der Waals surface area contributed by atoms with Gasteiger partial charge in [0, 0.05) is 0 Å². The highest BCUT2D eigenvalue weighted by molar-refractivity contribution is 5.33. The summed E-state index contributed by atoms with van der Waals surface area (Å²) in [7, 11) is 0. The Hall–Kier alpha value is -1.24. The molecule has 1 heteroatoms. The zero-order valence-electron chi connectivity index (χ0n) is 10.5. The lowest BCUT2D eigenvalue weighted by atomic mass is 10.2. The summed E-state index contributed by atoms with van der Waals surface area (Å²) in [5.41, 5.74) is 1.17. The molecule has 1 aromatic rings. The Balaban J connectivity index is 0.000000921. The molecule has 1 aromatic carbocycles. The largest absolute Gasteiger partial charge is 0.462 e. The van der Waals surface area contributed by atoms with Crippen molar-refractivity contribution in [1.29, 1.82) is 0 Å². The third-order valence-electron chi connectivity index (χ3n) is 1.86. The summed E-state index contributed by atoms with van der Waals surface area (Å²) >= 11 is 0. The van der Waals surface area contributed by atoms with Crippen molar-refractivity contribution in [2.24, 2.45) is 0 Å². The lowest BCUT2D eigenvalue weighted by molar-refractivity contribution is 0.422. The second kappa shape index (κ2) is 8.10. The van der Waals surface area contributed by atoms with Crippen molar-refractivity contribution < 1.29 is 4.74 Å². The number of hydrogen-bond acceptors (Lipinski definition) is 1. The van der Waals surface area contributed by atoms with Crippen LogP contribution in [-0.2, 0) is 0 Å². The molecular weight excluding hydrogens is 184 g/mol. The first-order chi connectivity index (χ1) is 7.24. The molecule has 1 nitrogen and oxygen atoms in total. The van der Waals surface area contributed by atoms with Gasteiger partial charge in [-0.25, -0.2) is 0 Å². The fourth-order valence-electron chi connectivity index (χ4n) is 1.17. The standard InChI is InChI=1S/C12H16O.C2H6/c1-4-7-11(3)13-12-9-6-5-8-10(12)2;1-2/h5-9H,4H2,1-3H3;1-2H3/b11-7+;. The Kier molecular flexibility index (Phi) is 7.43. The maximum atomic E-state index is 5.65. The fraction of sp³-hybridized carbons (Fsp3) is 0.429. The number of para-hydroxylation sites is 1. The molecule has 0 radical (unpaired) electrons. The number of ether oxygens (including phenoxy) is 1. The van der Waals surface area contributed by atoms with E-state index in [4.69, 9.17) is 4.74 Å². The summed E-state index contributed by atoms with van der Waals surface area (Å²) < 4.78 is 5.65. The van der Waals surface area contributed by atoms with Crippen molar-refractivity contribution in [3.05, 3.63) is 41.7 Å². The smallest absolute Gasteiger partial charge is 0.129 e. The van der Waals surface area contributed by atoms with Gasteiger partial charge in [-0.2, -0.15) is 0 Å². The minimum atomic E-state index is 0.949. The van der Waals surface area contributed by atoms with Crippen LogP contribution in [0.1, 0.15) is 39.7 Å². The van der Waals surface area contributed by atoms with Crippen molar-refractivity contribution >= 4 is 0 Å². The minimum absolute atomic E-state index is 0.949. The molecular formula is C14H22O. The summed E-state index contributed by atoms with van der Waals surface area (Å²) in [6, 6.07) is 8.04. The molecule has 0 unspecified atom stereocenters. The van der Waals surface area contributed by atoms with E-state index in [1.165, 1.54) is 5.56 Å². The van der Waals surface area contributed by atoms with Gasteiger partial charge >= 0.3 is 0 Å². The molecule has 1 rings (SSSR count). The average molecular weight is 206 g/mol. The van der Waals surface area contributed by atoms with Crippen molar-refractivity contribution in [3.63, 3.8) is 0 Å². The predicted octanol–water partition coefficient (Wildman–Crippen LogP) is 4.71.